The first kappa shape index (κ1) is 24.4. The topological polar surface area (TPSA) is 67.7 Å². The molecular formula is C27H28F2N4O3S. The second-order valence-corrected chi connectivity index (χ2v) is 11.2. The highest BCUT2D eigenvalue weighted by Gasteiger charge is 2.35. The van der Waals surface area contributed by atoms with E-state index in [9.17, 15) is 17.8 Å². The van der Waals surface area contributed by atoms with Crippen molar-refractivity contribution < 1.29 is 22.5 Å². The standard InChI is InChI=1S/C27H28F2N4O3S/c28-27(29)8-10-31(11-9-27)17-19-4-3-5-20(16-19)33-25-21-6-1-2-7-23(21)37(35)18-22(25)24(30-33)26(34)32-12-14-36-15-13-32/h1-7,16H,8-15,17-18H2. The lowest BCUT2D eigenvalue weighted by atomic mass is 10.0. The Labute approximate surface area is 216 Å². The van der Waals surface area contributed by atoms with Crippen LogP contribution in [-0.4, -0.2) is 75.0 Å². The van der Waals surface area contributed by atoms with Crippen LogP contribution < -0.4 is 0 Å². The Balaban J connectivity index is 1.40. The van der Waals surface area contributed by atoms with Crippen molar-refractivity contribution in [3.05, 3.63) is 65.4 Å². The van der Waals surface area contributed by atoms with Crippen molar-refractivity contribution in [2.24, 2.45) is 0 Å². The van der Waals surface area contributed by atoms with Gasteiger partial charge >= 0.3 is 0 Å². The summed E-state index contributed by atoms with van der Waals surface area (Å²) in [5.74, 6) is -2.54. The minimum atomic E-state index is -2.58. The zero-order valence-electron chi connectivity index (χ0n) is 20.4. The first-order valence-corrected chi connectivity index (χ1v) is 13.9. The fourth-order valence-corrected chi connectivity index (χ4v) is 6.62. The number of carbonyl (C=O) groups is 1. The maximum absolute atomic E-state index is 13.6. The van der Waals surface area contributed by atoms with Crippen LogP contribution in [0.4, 0.5) is 8.78 Å². The number of ether oxygens (including phenoxy) is 1. The van der Waals surface area contributed by atoms with Gasteiger partial charge < -0.3 is 9.64 Å². The molecule has 1 atom stereocenters. The third-order valence-electron chi connectivity index (χ3n) is 7.30. The van der Waals surface area contributed by atoms with Crippen molar-refractivity contribution in [3.8, 4) is 16.9 Å². The zero-order chi connectivity index (χ0) is 25.6. The Hall–Kier alpha value is -2.95. The Morgan fingerprint density at radius 3 is 2.57 bits per heavy atom. The quantitative estimate of drug-likeness (QED) is 0.517. The molecule has 3 aromatic rings. The molecule has 0 spiro atoms. The van der Waals surface area contributed by atoms with Gasteiger partial charge in [0.15, 0.2) is 5.69 Å². The lowest BCUT2D eigenvalue weighted by Gasteiger charge is -2.31. The van der Waals surface area contributed by atoms with Crippen molar-refractivity contribution >= 4 is 16.7 Å². The third-order valence-corrected chi connectivity index (χ3v) is 8.69. The number of likely N-dealkylation sites (tertiary alicyclic amines) is 1. The molecule has 37 heavy (non-hydrogen) atoms. The predicted molar refractivity (Wildman–Crippen MR) is 135 cm³/mol. The number of piperidine rings is 1. The van der Waals surface area contributed by atoms with Crippen molar-refractivity contribution in [1.82, 2.24) is 19.6 Å². The first-order valence-electron chi connectivity index (χ1n) is 12.6. The lowest BCUT2D eigenvalue weighted by Crippen LogP contribution is -2.41. The molecule has 0 radical (unpaired) electrons. The Kier molecular flexibility index (Phi) is 6.42. The van der Waals surface area contributed by atoms with Crippen molar-refractivity contribution in [1.29, 1.82) is 0 Å². The Morgan fingerprint density at radius 2 is 1.78 bits per heavy atom. The van der Waals surface area contributed by atoms with Gasteiger partial charge in [0.05, 0.1) is 41.1 Å². The van der Waals surface area contributed by atoms with Crippen LogP contribution in [0.5, 0.6) is 0 Å². The van der Waals surface area contributed by atoms with E-state index in [1.807, 2.05) is 53.4 Å². The summed E-state index contributed by atoms with van der Waals surface area (Å²) in [4.78, 5) is 18.1. The van der Waals surface area contributed by atoms with E-state index in [-0.39, 0.29) is 24.5 Å². The highest BCUT2D eigenvalue weighted by atomic mass is 32.2. The average Bonchev–Trinajstić information content (AvgIpc) is 3.30. The summed E-state index contributed by atoms with van der Waals surface area (Å²) in [5.41, 5.74) is 4.36. The smallest absolute Gasteiger partial charge is 0.274 e. The van der Waals surface area contributed by atoms with Gasteiger partial charge in [-0.15, -0.1) is 0 Å². The molecule has 7 nitrogen and oxygen atoms in total. The summed E-state index contributed by atoms with van der Waals surface area (Å²) in [5, 5.41) is 4.81. The fraction of sp³-hybridized carbons (Fsp3) is 0.407. The number of nitrogens with zero attached hydrogens (tertiary/aromatic N) is 4. The van der Waals surface area contributed by atoms with E-state index < -0.39 is 16.7 Å². The number of alkyl halides is 2. The number of halogens is 2. The summed E-state index contributed by atoms with van der Waals surface area (Å²) < 4.78 is 47.6. The molecule has 194 valence electrons. The molecule has 10 heteroatoms. The van der Waals surface area contributed by atoms with Gasteiger partial charge in [0.1, 0.15) is 0 Å². The van der Waals surface area contributed by atoms with E-state index in [0.29, 0.717) is 57.2 Å². The van der Waals surface area contributed by atoms with Crippen LogP contribution in [0, 0.1) is 0 Å². The SMILES string of the molecule is O=C(c1nn(-c2cccc(CN3CCC(F)(F)CC3)c2)c2c1CS(=O)c1ccccc1-2)N1CCOCC1. The van der Waals surface area contributed by atoms with Crippen molar-refractivity contribution in [3.63, 3.8) is 0 Å². The highest BCUT2D eigenvalue weighted by molar-refractivity contribution is 7.84. The van der Waals surface area contributed by atoms with E-state index in [0.717, 1.165) is 27.4 Å². The second kappa shape index (κ2) is 9.74. The minimum Gasteiger partial charge on any atom is -0.378 e. The van der Waals surface area contributed by atoms with E-state index in [1.54, 1.807) is 9.58 Å². The van der Waals surface area contributed by atoms with Crippen LogP contribution in [0.25, 0.3) is 16.9 Å². The maximum atomic E-state index is 13.6. The zero-order valence-corrected chi connectivity index (χ0v) is 21.2. The number of benzene rings is 2. The van der Waals surface area contributed by atoms with E-state index in [1.165, 1.54) is 0 Å². The summed E-state index contributed by atoms with van der Waals surface area (Å²) in [6.45, 7) is 3.21. The molecule has 2 aromatic carbocycles. The summed E-state index contributed by atoms with van der Waals surface area (Å²) in [6, 6.07) is 15.4. The number of hydrogen-bond donors (Lipinski definition) is 0. The van der Waals surface area contributed by atoms with Gasteiger partial charge in [0, 0.05) is 61.6 Å². The van der Waals surface area contributed by atoms with E-state index >= 15 is 0 Å². The number of amides is 1. The molecule has 6 rings (SSSR count). The molecule has 3 aliphatic heterocycles. The van der Waals surface area contributed by atoms with Crippen LogP contribution in [0.3, 0.4) is 0 Å². The number of morpholine rings is 1. The molecule has 4 heterocycles. The minimum absolute atomic E-state index is 0.125. The molecule has 3 aliphatic rings. The van der Waals surface area contributed by atoms with Gasteiger partial charge in [0.25, 0.3) is 11.8 Å². The lowest BCUT2D eigenvalue weighted by molar-refractivity contribution is -0.0566. The molecule has 0 bridgehead atoms. The molecule has 2 saturated heterocycles. The van der Waals surface area contributed by atoms with Gasteiger partial charge in [-0.05, 0) is 23.8 Å². The number of carbonyl (C=O) groups excluding carboxylic acids is 1. The van der Waals surface area contributed by atoms with Crippen LogP contribution in [0.2, 0.25) is 0 Å². The molecule has 2 fully saturated rings. The molecule has 0 aliphatic carbocycles. The van der Waals surface area contributed by atoms with Crippen LogP contribution in [0.15, 0.2) is 53.4 Å². The molecule has 1 aromatic heterocycles. The monoisotopic (exact) mass is 526 g/mol. The van der Waals surface area contributed by atoms with Crippen molar-refractivity contribution in [2.75, 3.05) is 39.4 Å². The van der Waals surface area contributed by atoms with Gasteiger partial charge in [-0.2, -0.15) is 5.10 Å². The normalized spacial score (nSPS) is 21.4. The summed E-state index contributed by atoms with van der Waals surface area (Å²) in [6.07, 6.45) is -0.249. The van der Waals surface area contributed by atoms with Gasteiger partial charge in [-0.1, -0.05) is 30.3 Å². The van der Waals surface area contributed by atoms with Gasteiger partial charge in [-0.3, -0.25) is 13.9 Å². The molecular weight excluding hydrogens is 498 g/mol. The van der Waals surface area contributed by atoms with Crippen LogP contribution in [0.1, 0.15) is 34.5 Å². The number of rotatable bonds is 4. The third kappa shape index (κ3) is 4.73. The molecule has 1 amide bonds. The number of hydrogen-bond acceptors (Lipinski definition) is 5. The summed E-state index contributed by atoms with van der Waals surface area (Å²) >= 11 is 0. The van der Waals surface area contributed by atoms with Gasteiger partial charge in [0.2, 0.25) is 0 Å². The number of aromatic nitrogens is 2. The molecule has 0 saturated carbocycles. The maximum Gasteiger partial charge on any atom is 0.274 e. The average molecular weight is 527 g/mol. The first-order chi connectivity index (χ1) is 17.9. The largest absolute Gasteiger partial charge is 0.378 e. The van der Waals surface area contributed by atoms with E-state index in [2.05, 4.69) is 0 Å². The van der Waals surface area contributed by atoms with Crippen molar-refractivity contribution in [2.45, 2.75) is 36.0 Å². The van der Waals surface area contributed by atoms with Gasteiger partial charge in [-0.25, -0.2) is 13.5 Å². The Morgan fingerprint density at radius 1 is 1.03 bits per heavy atom. The molecule has 0 N–H and O–H groups in total. The molecule has 1 unspecified atom stereocenters. The fourth-order valence-electron chi connectivity index (χ4n) is 5.29. The van der Waals surface area contributed by atoms with E-state index in [4.69, 9.17) is 9.84 Å². The summed E-state index contributed by atoms with van der Waals surface area (Å²) in [7, 11) is -1.28. The predicted octanol–water partition coefficient (Wildman–Crippen LogP) is 3.86. The highest BCUT2D eigenvalue weighted by Crippen LogP contribution is 2.39. The Bertz CT molecular complexity index is 1360. The number of fused-ring (bicyclic) bond motifs is 3. The van der Waals surface area contributed by atoms with Crippen LogP contribution in [-0.2, 0) is 27.8 Å². The second-order valence-electron chi connectivity index (χ2n) is 9.78. The van der Waals surface area contributed by atoms with Crippen LogP contribution >= 0.6 is 0 Å².